The quantitative estimate of drug-likeness (QED) is 0.779. The van der Waals surface area contributed by atoms with Crippen LogP contribution in [-0.2, 0) is 4.79 Å². The van der Waals surface area contributed by atoms with Gasteiger partial charge in [0.15, 0.2) is 11.5 Å². The van der Waals surface area contributed by atoms with Gasteiger partial charge in [-0.3, -0.25) is 20.4 Å². The number of hydrogen-bond donors (Lipinski definition) is 2. The van der Waals surface area contributed by atoms with E-state index in [2.05, 4.69) is 26.8 Å². The summed E-state index contributed by atoms with van der Waals surface area (Å²) in [7, 11) is 0. The van der Waals surface area contributed by atoms with E-state index in [0.717, 1.165) is 0 Å². The molecule has 1 unspecified atom stereocenters. The van der Waals surface area contributed by atoms with Crippen LogP contribution in [0, 0.1) is 0 Å². The van der Waals surface area contributed by atoms with Crippen molar-refractivity contribution in [1.82, 2.24) is 10.9 Å². The Morgan fingerprint density at radius 3 is 2.68 bits per heavy atom. The molecule has 8 heteroatoms. The van der Waals surface area contributed by atoms with Gasteiger partial charge in [-0.05, 0) is 39.5 Å². The monoisotopic (exact) mass is 382 g/mol. The number of rotatable bonds is 2. The molecule has 0 saturated carbocycles. The van der Waals surface area contributed by atoms with Gasteiger partial charge < -0.3 is 9.47 Å². The van der Waals surface area contributed by atoms with E-state index in [1.165, 1.54) is 11.3 Å². The third-order valence-electron chi connectivity index (χ3n) is 2.92. The zero-order valence-electron chi connectivity index (χ0n) is 11.2. The molecule has 2 amide bonds. The van der Waals surface area contributed by atoms with E-state index >= 15 is 0 Å². The number of carbonyl (C=O) groups is 2. The number of carbonyl (C=O) groups excluding carboxylic acids is 2. The third kappa shape index (κ3) is 3.07. The molecule has 2 N–H and O–H groups in total. The lowest BCUT2D eigenvalue weighted by molar-refractivity contribution is -0.131. The first-order chi connectivity index (χ1) is 10.6. The summed E-state index contributed by atoms with van der Waals surface area (Å²) in [6, 6.07) is 8.85. The molecule has 2 aromatic rings. The normalized spacial score (nSPS) is 16.0. The summed E-state index contributed by atoms with van der Waals surface area (Å²) >= 11 is 4.53. The summed E-state index contributed by atoms with van der Waals surface area (Å²) in [5, 5.41) is 1.77. The van der Waals surface area contributed by atoms with E-state index in [1.54, 1.807) is 29.6 Å². The van der Waals surface area contributed by atoms with Crippen LogP contribution in [0.25, 0.3) is 0 Å². The first-order valence-corrected chi connectivity index (χ1v) is 8.04. The lowest BCUT2D eigenvalue weighted by atomic mass is 10.2. The lowest BCUT2D eigenvalue weighted by Crippen LogP contribution is -2.50. The molecule has 6 nitrogen and oxygen atoms in total. The van der Waals surface area contributed by atoms with Crippen molar-refractivity contribution in [2.75, 3.05) is 6.61 Å². The van der Waals surface area contributed by atoms with Crippen LogP contribution in [0.3, 0.4) is 0 Å². The largest absolute Gasteiger partial charge is 0.485 e. The Kier molecular flexibility index (Phi) is 4.30. The maximum atomic E-state index is 12.0. The van der Waals surface area contributed by atoms with E-state index in [4.69, 9.17) is 9.47 Å². The summed E-state index contributed by atoms with van der Waals surface area (Å²) in [4.78, 5) is 24.4. The Labute approximate surface area is 138 Å². The predicted octanol–water partition coefficient (Wildman–Crippen LogP) is 2.11. The Bertz CT molecular complexity index is 718. The minimum atomic E-state index is -0.818. The van der Waals surface area contributed by atoms with E-state index in [9.17, 15) is 9.59 Å². The van der Waals surface area contributed by atoms with Gasteiger partial charge in [-0.15, -0.1) is 11.3 Å². The molecule has 22 heavy (non-hydrogen) atoms. The Morgan fingerprint density at radius 2 is 1.95 bits per heavy atom. The number of hydrogen-bond acceptors (Lipinski definition) is 5. The molecule has 1 atom stereocenters. The number of halogens is 1. The second kappa shape index (κ2) is 6.37. The number of nitrogens with one attached hydrogen (secondary N) is 2. The average molecular weight is 383 g/mol. The minimum Gasteiger partial charge on any atom is -0.485 e. The average Bonchev–Trinajstić information content (AvgIpc) is 2.98. The van der Waals surface area contributed by atoms with E-state index in [1.807, 2.05) is 6.07 Å². The first kappa shape index (κ1) is 14.9. The highest BCUT2D eigenvalue weighted by Crippen LogP contribution is 2.30. The van der Waals surface area contributed by atoms with Crippen LogP contribution < -0.4 is 20.3 Å². The molecule has 0 bridgehead atoms. The summed E-state index contributed by atoms with van der Waals surface area (Å²) in [6.45, 7) is 0.0847. The molecule has 1 aliphatic heterocycles. The number of para-hydroxylation sites is 2. The number of hydrazine groups is 1. The molecular weight excluding hydrogens is 372 g/mol. The van der Waals surface area contributed by atoms with Crippen LogP contribution in [0.15, 0.2) is 40.2 Å². The topological polar surface area (TPSA) is 76.7 Å². The van der Waals surface area contributed by atoms with Gasteiger partial charge in [-0.25, -0.2) is 0 Å². The second-order valence-corrected chi connectivity index (χ2v) is 6.18. The van der Waals surface area contributed by atoms with Crippen LogP contribution in [0.2, 0.25) is 0 Å². The smallest absolute Gasteiger partial charge is 0.283 e. The van der Waals surface area contributed by atoms with Gasteiger partial charge in [0, 0.05) is 4.47 Å². The van der Waals surface area contributed by atoms with Gasteiger partial charge in [0.2, 0.25) is 6.10 Å². The van der Waals surface area contributed by atoms with E-state index in [0.29, 0.717) is 20.8 Å². The fourth-order valence-electron chi connectivity index (χ4n) is 1.86. The summed E-state index contributed by atoms with van der Waals surface area (Å²) < 4.78 is 11.7. The standard InChI is InChI=1S/C14H11BrN2O4S/c15-8-5-6-22-12(8)14(19)17-16-13(18)11-7-20-9-3-1-2-4-10(9)21-11/h1-6,11H,7H2,(H,16,18)(H,17,19). The Morgan fingerprint density at radius 1 is 1.18 bits per heavy atom. The predicted molar refractivity (Wildman–Crippen MR) is 84.0 cm³/mol. The van der Waals surface area contributed by atoms with Crippen molar-refractivity contribution < 1.29 is 19.1 Å². The van der Waals surface area contributed by atoms with Crippen molar-refractivity contribution in [3.8, 4) is 11.5 Å². The van der Waals surface area contributed by atoms with Crippen molar-refractivity contribution >= 4 is 39.1 Å². The van der Waals surface area contributed by atoms with E-state index < -0.39 is 17.9 Å². The number of fused-ring (bicyclic) bond motifs is 1. The number of thiophene rings is 1. The zero-order chi connectivity index (χ0) is 15.5. The number of ether oxygens (including phenoxy) is 2. The van der Waals surface area contributed by atoms with Crippen molar-refractivity contribution in [2.45, 2.75) is 6.10 Å². The van der Waals surface area contributed by atoms with Gasteiger partial charge in [0.05, 0.1) is 0 Å². The molecule has 0 radical (unpaired) electrons. The third-order valence-corrected chi connectivity index (χ3v) is 4.76. The lowest BCUT2D eigenvalue weighted by Gasteiger charge is -2.25. The van der Waals surface area contributed by atoms with Crippen LogP contribution in [-0.4, -0.2) is 24.5 Å². The fourth-order valence-corrected chi connectivity index (χ4v) is 3.31. The van der Waals surface area contributed by atoms with Gasteiger partial charge in [-0.2, -0.15) is 0 Å². The second-order valence-electron chi connectivity index (χ2n) is 4.41. The molecule has 114 valence electrons. The molecule has 0 saturated heterocycles. The highest BCUT2D eigenvalue weighted by Gasteiger charge is 2.27. The maximum Gasteiger partial charge on any atom is 0.283 e. The highest BCUT2D eigenvalue weighted by molar-refractivity contribution is 9.10. The van der Waals surface area contributed by atoms with E-state index in [-0.39, 0.29) is 6.61 Å². The van der Waals surface area contributed by atoms with Crippen LogP contribution in [0.1, 0.15) is 9.67 Å². The summed E-state index contributed by atoms with van der Waals surface area (Å²) in [5.41, 5.74) is 4.69. The van der Waals surface area contributed by atoms with Crippen molar-refractivity contribution in [2.24, 2.45) is 0 Å². The summed E-state index contributed by atoms with van der Waals surface area (Å²) in [6.07, 6.45) is -0.818. The molecule has 1 aliphatic rings. The Balaban J connectivity index is 1.57. The Hall–Kier alpha value is -2.06. The molecular formula is C14H11BrN2O4S. The van der Waals surface area contributed by atoms with Gasteiger partial charge in [0.25, 0.3) is 11.8 Å². The molecule has 3 rings (SSSR count). The summed E-state index contributed by atoms with van der Waals surface area (Å²) in [5.74, 6) is 0.224. The molecule has 0 fully saturated rings. The maximum absolute atomic E-state index is 12.0. The SMILES string of the molecule is O=C(NNC(=O)C1COc2ccccc2O1)c1sccc1Br. The minimum absolute atomic E-state index is 0.0847. The van der Waals surface area contributed by atoms with Crippen molar-refractivity contribution in [1.29, 1.82) is 0 Å². The van der Waals surface area contributed by atoms with Crippen LogP contribution in [0.5, 0.6) is 11.5 Å². The van der Waals surface area contributed by atoms with Crippen molar-refractivity contribution in [3.63, 3.8) is 0 Å². The zero-order valence-corrected chi connectivity index (χ0v) is 13.6. The number of benzene rings is 1. The molecule has 0 spiro atoms. The first-order valence-electron chi connectivity index (χ1n) is 6.37. The highest BCUT2D eigenvalue weighted by atomic mass is 79.9. The van der Waals surface area contributed by atoms with Gasteiger partial charge in [-0.1, -0.05) is 12.1 Å². The van der Waals surface area contributed by atoms with Crippen molar-refractivity contribution in [3.05, 3.63) is 45.1 Å². The molecule has 1 aromatic heterocycles. The number of amides is 2. The van der Waals surface area contributed by atoms with Crippen LogP contribution >= 0.6 is 27.3 Å². The van der Waals surface area contributed by atoms with Crippen LogP contribution in [0.4, 0.5) is 0 Å². The fraction of sp³-hybridized carbons (Fsp3) is 0.143. The van der Waals surface area contributed by atoms with Gasteiger partial charge >= 0.3 is 0 Å². The molecule has 0 aliphatic carbocycles. The van der Waals surface area contributed by atoms with Gasteiger partial charge in [0.1, 0.15) is 11.5 Å². The molecule has 1 aromatic carbocycles. The molecule has 2 heterocycles.